The van der Waals surface area contributed by atoms with Gasteiger partial charge < -0.3 is 0 Å². The number of hydrogen-bond acceptors (Lipinski definition) is 2. The lowest BCUT2D eigenvalue weighted by molar-refractivity contribution is 0.0584. The Morgan fingerprint density at radius 2 is 2.27 bits per heavy atom. The molecular formula is C9H5ClF2N3. The summed E-state index contributed by atoms with van der Waals surface area (Å²) in [7, 11) is 0. The molecule has 0 saturated carbocycles. The van der Waals surface area contributed by atoms with Crippen LogP contribution >= 0.6 is 11.6 Å². The Labute approximate surface area is 89.3 Å². The Kier molecular flexibility index (Phi) is 2.64. The van der Waals surface area contributed by atoms with Gasteiger partial charge in [0.15, 0.2) is 0 Å². The standard InChI is InChI=1S/C9H5ClF2N3/c10-6-2-1-4-13-8(6)7-3-5-14-15(7)9(11)12/h1-2,4-5,9H. The molecule has 0 aliphatic rings. The van der Waals surface area contributed by atoms with E-state index >= 15 is 0 Å². The molecule has 3 nitrogen and oxygen atoms in total. The average molecular weight is 229 g/mol. The molecule has 0 bridgehead atoms. The van der Waals surface area contributed by atoms with E-state index in [2.05, 4.69) is 16.1 Å². The van der Waals surface area contributed by atoms with Crippen LogP contribution in [0.15, 0.2) is 24.5 Å². The van der Waals surface area contributed by atoms with Crippen LogP contribution in [0.25, 0.3) is 11.4 Å². The van der Waals surface area contributed by atoms with Gasteiger partial charge in [-0.2, -0.15) is 13.9 Å². The first-order valence-electron chi connectivity index (χ1n) is 4.04. The topological polar surface area (TPSA) is 30.7 Å². The molecule has 2 rings (SSSR count). The van der Waals surface area contributed by atoms with E-state index in [0.29, 0.717) is 4.68 Å². The first kappa shape index (κ1) is 10.0. The minimum absolute atomic E-state index is 0.0793. The van der Waals surface area contributed by atoms with E-state index in [-0.39, 0.29) is 16.4 Å². The van der Waals surface area contributed by atoms with Crippen molar-refractivity contribution >= 4 is 11.6 Å². The molecule has 15 heavy (non-hydrogen) atoms. The monoisotopic (exact) mass is 228 g/mol. The number of halogens is 3. The molecule has 0 unspecified atom stereocenters. The molecule has 0 saturated heterocycles. The van der Waals surface area contributed by atoms with Crippen molar-refractivity contribution in [2.24, 2.45) is 0 Å². The molecule has 0 atom stereocenters. The molecule has 0 N–H and O–H groups in total. The minimum atomic E-state index is -2.73. The fourth-order valence-electron chi connectivity index (χ4n) is 1.16. The summed E-state index contributed by atoms with van der Waals surface area (Å²) in [6.45, 7) is -2.73. The van der Waals surface area contributed by atoms with Gasteiger partial charge in [-0.3, -0.25) is 4.98 Å². The largest absolute Gasteiger partial charge is 0.333 e. The molecule has 0 aliphatic heterocycles. The molecule has 0 spiro atoms. The van der Waals surface area contributed by atoms with Crippen molar-refractivity contribution in [3.63, 3.8) is 0 Å². The number of hydrogen-bond donors (Lipinski definition) is 0. The third-order valence-electron chi connectivity index (χ3n) is 1.78. The number of pyridine rings is 1. The molecule has 6 heteroatoms. The quantitative estimate of drug-likeness (QED) is 0.791. The van der Waals surface area contributed by atoms with Crippen molar-refractivity contribution in [3.05, 3.63) is 35.6 Å². The van der Waals surface area contributed by atoms with Crippen LogP contribution in [0.1, 0.15) is 6.55 Å². The SMILES string of the molecule is FC(F)n1nc[c]c1-c1ncccc1Cl. The first-order chi connectivity index (χ1) is 7.20. The zero-order valence-corrected chi connectivity index (χ0v) is 8.12. The zero-order chi connectivity index (χ0) is 10.8. The lowest BCUT2D eigenvalue weighted by Crippen LogP contribution is -2.03. The first-order valence-corrected chi connectivity index (χ1v) is 4.42. The fraction of sp³-hybridized carbons (Fsp3) is 0.111. The number of nitrogens with zero attached hydrogens (tertiary/aromatic N) is 3. The summed E-state index contributed by atoms with van der Waals surface area (Å²) in [5.41, 5.74) is 0.326. The summed E-state index contributed by atoms with van der Waals surface area (Å²) < 4.78 is 25.5. The fourth-order valence-corrected chi connectivity index (χ4v) is 1.37. The Morgan fingerprint density at radius 1 is 1.47 bits per heavy atom. The van der Waals surface area contributed by atoms with E-state index in [1.165, 1.54) is 6.20 Å². The number of aromatic nitrogens is 3. The number of alkyl halides is 2. The molecule has 0 amide bonds. The molecule has 0 fully saturated rings. The van der Waals surface area contributed by atoms with E-state index < -0.39 is 6.55 Å². The summed E-state index contributed by atoms with van der Waals surface area (Å²) in [6, 6.07) is 5.76. The van der Waals surface area contributed by atoms with E-state index in [0.717, 1.165) is 6.20 Å². The predicted octanol–water partition coefficient (Wildman–Crippen LogP) is 2.79. The van der Waals surface area contributed by atoms with Gasteiger partial charge in [-0.05, 0) is 12.1 Å². The second kappa shape index (κ2) is 3.94. The van der Waals surface area contributed by atoms with Crippen molar-refractivity contribution in [2.45, 2.75) is 6.55 Å². The Balaban J connectivity index is 2.55. The molecule has 1 radical (unpaired) electrons. The molecule has 0 aliphatic carbocycles. The van der Waals surface area contributed by atoms with Crippen LogP contribution in [0, 0.1) is 6.07 Å². The highest BCUT2D eigenvalue weighted by Crippen LogP contribution is 2.26. The molecule has 2 aromatic rings. The Bertz CT molecular complexity index is 470. The zero-order valence-electron chi connectivity index (χ0n) is 7.36. The van der Waals surface area contributed by atoms with Crippen LogP contribution in [0.5, 0.6) is 0 Å². The van der Waals surface area contributed by atoms with Gasteiger partial charge in [-0.15, -0.1) is 0 Å². The number of rotatable bonds is 2. The molecule has 0 aromatic carbocycles. The van der Waals surface area contributed by atoms with Gasteiger partial charge in [0.1, 0.15) is 11.4 Å². The maximum atomic E-state index is 12.5. The highest BCUT2D eigenvalue weighted by molar-refractivity contribution is 6.32. The van der Waals surface area contributed by atoms with Gasteiger partial charge in [-0.1, -0.05) is 11.6 Å². The predicted molar refractivity (Wildman–Crippen MR) is 50.6 cm³/mol. The van der Waals surface area contributed by atoms with E-state index in [1.54, 1.807) is 12.1 Å². The summed E-state index contributed by atoms with van der Waals surface area (Å²) in [5.74, 6) is 0. The van der Waals surface area contributed by atoms with Crippen molar-refractivity contribution in [1.82, 2.24) is 14.8 Å². The van der Waals surface area contributed by atoms with Gasteiger partial charge in [0.2, 0.25) is 0 Å². The van der Waals surface area contributed by atoms with Crippen LogP contribution in [-0.2, 0) is 0 Å². The second-order valence-corrected chi connectivity index (χ2v) is 3.10. The molecule has 2 aromatic heterocycles. The van der Waals surface area contributed by atoms with Crippen LogP contribution in [0.3, 0.4) is 0 Å². The molecule has 77 valence electrons. The van der Waals surface area contributed by atoms with Crippen LogP contribution in [0.4, 0.5) is 8.78 Å². The minimum Gasteiger partial charge on any atom is -0.253 e. The second-order valence-electron chi connectivity index (χ2n) is 2.69. The average Bonchev–Trinajstić information content (AvgIpc) is 2.67. The lowest BCUT2D eigenvalue weighted by atomic mass is 10.3. The molecular weight excluding hydrogens is 224 g/mol. The maximum absolute atomic E-state index is 12.5. The highest BCUT2D eigenvalue weighted by Gasteiger charge is 2.16. The van der Waals surface area contributed by atoms with Gasteiger partial charge in [0.05, 0.1) is 11.2 Å². The van der Waals surface area contributed by atoms with Gasteiger partial charge >= 0.3 is 6.55 Å². The van der Waals surface area contributed by atoms with Gasteiger partial charge in [0, 0.05) is 12.3 Å². The van der Waals surface area contributed by atoms with Gasteiger partial charge in [0.25, 0.3) is 0 Å². The van der Waals surface area contributed by atoms with E-state index in [1.807, 2.05) is 0 Å². The Hall–Kier alpha value is -1.49. The normalized spacial score (nSPS) is 10.9. The summed E-state index contributed by atoms with van der Waals surface area (Å²) in [4.78, 5) is 3.91. The smallest absolute Gasteiger partial charge is 0.253 e. The van der Waals surface area contributed by atoms with Crippen LogP contribution in [-0.4, -0.2) is 14.8 Å². The lowest BCUT2D eigenvalue weighted by Gasteiger charge is -2.05. The van der Waals surface area contributed by atoms with Crippen LogP contribution in [0.2, 0.25) is 5.02 Å². The van der Waals surface area contributed by atoms with Crippen LogP contribution < -0.4 is 0 Å². The third kappa shape index (κ3) is 1.83. The summed E-state index contributed by atoms with van der Waals surface area (Å²) >= 11 is 5.82. The summed E-state index contributed by atoms with van der Waals surface area (Å²) in [6.07, 6.45) is 2.63. The van der Waals surface area contributed by atoms with E-state index in [9.17, 15) is 8.78 Å². The highest BCUT2D eigenvalue weighted by atomic mass is 35.5. The maximum Gasteiger partial charge on any atom is 0.333 e. The summed E-state index contributed by atoms with van der Waals surface area (Å²) in [5, 5.41) is 3.73. The van der Waals surface area contributed by atoms with E-state index in [4.69, 9.17) is 11.6 Å². The Morgan fingerprint density at radius 3 is 2.93 bits per heavy atom. The van der Waals surface area contributed by atoms with Crippen molar-refractivity contribution < 1.29 is 8.78 Å². The van der Waals surface area contributed by atoms with Crippen molar-refractivity contribution in [1.29, 1.82) is 0 Å². The van der Waals surface area contributed by atoms with Gasteiger partial charge in [-0.25, -0.2) is 4.68 Å². The van der Waals surface area contributed by atoms with Crippen molar-refractivity contribution in [3.8, 4) is 11.4 Å². The van der Waals surface area contributed by atoms with Crippen molar-refractivity contribution in [2.75, 3.05) is 0 Å². The molecule has 2 heterocycles. The third-order valence-corrected chi connectivity index (χ3v) is 2.09.